The summed E-state index contributed by atoms with van der Waals surface area (Å²) in [5, 5.41) is 11.7. The van der Waals surface area contributed by atoms with Crippen LogP contribution in [-0.2, 0) is 0 Å². The van der Waals surface area contributed by atoms with Gasteiger partial charge < -0.3 is 15.4 Å². The summed E-state index contributed by atoms with van der Waals surface area (Å²) in [4.78, 5) is 15.8. The van der Waals surface area contributed by atoms with Crippen molar-refractivity contribution in [2.75, 3.05) is 5.32 Å². The van der Waals surface area contributed by atoms with Gasteiger partial charge in [0.25, 0.3) is 0 Å². The number of amides is 2. The molecule has 0 saturated heterocycles. The van der Waals surface area contributed by atoms with E-state index in [4.69, 9.17) is 4.74 Å². The minimum atomic E-state index is -0.523. The number of nitrogens with one attached hydrogen (secondary N) is 3. The Balaban J connectivity index is 1.64. The van der Waals surface area contributed by atoms with Crippen molar-refractivity contribution in [1.82, 2.24) is 20.5 Å². The lowest BCUT2D eigenvalue weighted by Gasteiger charge is -2.15. The van der Waals surface area contributed by atoms with Gasteiger partial charge in [0.2, 0.25) is 0 Å². The molecule has 0 bridgehead atoms. The second-order valence-corrected chi connectivity index (χ2v) is 5.29. The van der Waals surface area contributed by atoms with Crippen LogP contribution in [0.4, 0.5) is 14.9 Å². The van der Waals surface area contributed by atoms with Crippen molar-refractivity contribution in [2.45, 2.75) is 13.0 Å². The molecule has 2 amide bonds. The van der Waals surface area contributed by atoms with Crippen molar-refractivity contribution >= 4 is 11.7 Å². The van der Waals surface area contributed by atoms with Crippen LogP contribution in [0.3, 0.4) is 0 Å². The van der Waals surface area contributed by atoms with Crippen LogP contribution < -0.4 is 15.4 Å². The van der Waals surface area contributed by atoms with Crippen molar-refractivity contribution in [1.29, 1.82) is 0 Å². The summed E-state index contributed by atoms with van der Waals surface area (Å²) >= 11 is 0. The quantitative estimate of drug-likeness (QED) is 0.661. The normalized spacial score (nSPS) is 11.6. The molecular formula is C17H16FN5O2. The first-order valence-corrected chi connectivity index (χ1v) is 7.55. The van der Waals surface area contributed by atoms with Gasteiger partial charge in [-0.3, -0.25) is 10.1 Å². The Labute approximate surface area is 143 Å². The molecule has 7 nitrogen and oxygen atoms in total. The number of halogens is 1. The molecule has 128 valence electrons. The number of anilines is 1. The van der Waals surface area contributed by atoms with Crippen LogP contribution in [0.2, 0.25) is 0 Å². The number of carbonyl (C=O) groups is 1. The third-order valence-electron chi connectivity index (χ3n) is 3.42. The molecule has 25 heavy (non-hydrogen) atoms. The second kappa shape index (κ2) is 7.43. The average Bonchev–Trinajstić information content (AvgIpc) is 3.10. The first-order valence-electron chi connectivity index (χ1n) is 7.55. The monoisotopic (exact) mass is 341 g/mol. The van der Waals surface area contributed by atoms with Crippen molar-refractivity contribution in [3.8, 4) is 11.5 Å². The van der Waals surface area contributed by atoms with Crippen LogP contribution in [0, 0.1) is 5.82 Å². The molecule has 0 spiro atoms. The largest absolute Gasteiger partial charge is 0.453 e. The predicted molar refractivity (Wildman–Crippen MR) is 89.9 cm³/mol. The molecular weight excluding hydrogens is 325 g/mol. The fourth-order valence-electron chi connectivity index (χ4n) is 2.17. The molecule has 0 unspecified atom stereocenters. The van der Waals surface area contributed by atoms with Crippen LogP contribution in [0.25, 0.3) is 0 Å². The highest BCUT2D eigenvalue weighted by atomic mass is 19.1. The minimum absolute atomic E-state index is 0.0896. The Morgan fingerprint density at radius 3 is 2.88 bits per heavy atom. The van der Waals surface area contributed by atoms with Crippen LogP contribution in [0.15, 0.2) is 55.1 Å². The number of benzene rings is 1. The molecule has 3 rings (SSSR count). The standard InChI is InChI=1S/C17H16FN5O2/c1-11(22-17(24)23-13-8-20-21-9-13)12-4-5-16(15(18)7-12)25-14-3-2-6-19-10-14/h2-11H,1H3,(H,20,21)(H2,22,23,24)/t11-/m1/s1. The van der Waals surface area contributed by atoms with Gasteiger partial charge in [-0.05, 0) is 36.8 Å². The number of urea groups is 1. The summed E-state index contributed by atoms with van der Waals surface area (Å²) in [6.07, 6.45) is 6.13. The lowest BCUT2D eigenvalue weighted by atomic mass is 10.1. The maximum Gasteiger partial charge on any atom is 0.319 e. The number of hydrogen-bond donors (Lipinski definition) is 3. The molecule has 0 aliphatic carbocycles. The second-order valence-electron chi connectivity index (χ2n) is 5.29. The zero-order valence-corrected chi connectivity index (χ0v) is 13.4. The van der Waals surface area contributed by atoms with Gasteiger partial charge in [0, 0.05) is 12.4 Å². The van der Waals surface area contributed by atoms with E-state index in [1.807, 2.05) is 0 Å². The van der Waals surface area contributed by atoms with Gasteiger partial charge in [0.1, 0.15) is 5.75 Å². The fraction of sp³-hybridized carbons (Fsp3) is 0.118. The SMILES string of the molecule is C[C@@H](NC(=O)Nc1cn[nH]c1)c1ccc(Oc2cccnc2)c(F)c1. The molecule has 2 aromatic heterocycles. The summed E-state index contributed by atoms with van der Waals surface area (Å²) in [6, 6.07) is 7.12. The summed E-state index contributed by atoms with van der Waals surface area (Å²) in [7, 11) is 0. The Hall–Kier alpha value is -3.42. The van der Waals surface area contributed by atoms with Gasteiger partial charge in [0.15, 0.2) is 11.6 Å². The maximum absolute atomic E-state index is 14.3. The van der Waals surface area contributed by atoms with E-state index in [9.17, 15) is 9.18 Å². The number of rotatable bonds is 5. The number of aromatic amines is 1. The maximum atomic E-state index is 14.3. The third-order valence-corrected chi connectivity index (χ3v) is 3.42. The zero-order chi connectivity index (χ0) is 17.6. The number of nitrogens with zero attached hydrogens (tertiary/aromatic N) is 2. The zero-order valence-electron chi connectivity index (χ0n) is 13.4. The first kappa shape index (κ1) is 16.4. The third kappa shape index (κ3) is 4.31. The van der Waals surface area contributed by atoms with E-state index in [1.165, 1.54) is 24.5 Å². The average molecular weight is 341 g/mol. The summed E-state index contributed by atoms with van der Waals surface area (Å²) in [5.41, 5.74) is 1.15. The van der Waals surface area contributed by atoms with Crippen LogP contribution in [-0.4, -0.2) is 21.2 Å². The van der Waals surface area contributed by atoms with Gasteiger partial charge in [-0.1, -0.05) is 6.07 Å². The molecule has 0 aliphatic rings. The van der Waals surface area contributed by atoms with Crippen molar-refractivity contribution in [3.05, 3.63) is 66.5 Å². The molecule has 0 saturated carbocycles. The van der Waals surface area contributed by atoms with E-state index in [2.05, 4.69) is 25.8 Å². The van der Waals surface area contributed by atoms with Crippen LogP contribution in [0.5, 0.6) is 11.5 Å². The number of hydrogen-bond acceptors (Lipinski definition) is 4. The minimum Gasteiger partial charge on any atom is -0.453 e. The highest BCUT2D eigenvalue weighted by Crippen LogP contribution is 2.26. The van der Waals surface area contributed by atoms with E-state index in [0.717, 1.165) is 0 Å². The highest BCUT2D eigenvalue weighted by molar-refractivity contribution is 5.89. The fourth-order valence-corrected chi connectivity index (χ4v) is 2.17. The molecule has 3 aromatic rings. The Kier molecular flexibility index (Phi) is 4.89. The van der Waals surface area contributed by atoms with Gasteiger partial charge >= 0.3 is 6.03 Å². The van der Waals surface area contributed by atoms with Crippen LogP contribution in [0.1, 0.15) is 18.5 Å². The van der Waals surface area contributed by atoms with Crippen molar-refractivity contribution < 1.29 is 13.9 Å². The van der Waals surface area contributed by atoms with Gasteiger partial charge in [-0.15, -0.1) is 0 Å². The number of H-pyrrole nitrogens is 1. The number of aromatic nitrogens is 3. The summed E-state index contributed by atoms with van der Waals surface area (Å²) < 4.78 is 19.7. The highest BCUT2D eigenvalue weighted by Gasteiger charge is 2.13. The predicted octanol–water partition coefficient (Wildman–Crippen LogP) is 3.62. The molecule has 1 atom stereocenters. The molecule has 0 radical (unpaired) electrons. The van der Waals surface area contributed by atoms with Gasteiger partial charge in [-0.25, -0.2) is 9.18 Å². The van der Waals surface area contributed by atoms with E-state index < -0.39 is 17.9 Å². The van der Waals surface area contributed by atoms with E-state index in [0.29, 0.717) is 17.0 Å². The number of pyridine rings is 1. The lowest BCUT2D eigenvalue weighted by Crippen LogP contribution is -2.31. The van der Waals surface area contributed by atoms with Crippen LogP contribution >= 0.6 is 0 Å². The molecule has 0 aliphatic heterocycles. The van der Waals surface area contributed by atoms with E-state index in [-0.39, 0.29) is 5.75 Å². The summed E-state index contributed by atoms with van der Waals surface area (Å²) in [6.45, 7) is 1.76. The van der Waals surface area contributed by atoms with Crippen molar-refractivity contribution in [3.63, 3.8) is 0 Å². The molecule has 3 N–H and O–H groups in total. The molecule has 8 heteroatoms. The Morgan fingerprint density at radius 1 is 1.32 bits per heavy atom. The van der Waals surface area contributed by atoms with Crippen molar-refractivity contribution in [2.24, 2.45) is 0 Å². The molecule has 0 fully saturated rings. The van der Waals surface area contributed by atoms with Gasteiger partial charge in [0.05, 0.1) is 24.1 Å². The topological polar surface area (TPSA) is 91.9 Å². The number of ether oxygens (including phenoxy) is 1. The van der Waals surface area contributed by atoms with E-state index >= 15 is 0 Å². The summed E-state index contributed by atoms with van der Waals surface area (Å²) in [5.74, 6) is 0.0110. The molecule has 1 aromatic carbocycles. The number of carbonyl (C=O) groups excluding carboxylic acids is 1. The lowest BCUT2D eigenvalue weighted by molar-refractivity contribution is 0.249. The smallest absolute Gasteiger partial charge is 0.319 e. The Morgan fingerprint density at radius 2 is 2.20 bits per heavy atom. The first-order chi connectivity index (χ1) is 12.1. The van der Waals surface area contributed by atoms with Gasteiger partial charge in [-0.2, -0.15) is 5.10 Å². The molecule has 2 heterocycles. The van der Waals surface area contributed by atoms with E-state index in [1.54, 1.807) is 37.5 Å². The Bertz CT molecular complexity index is 840.